The molecule has 0 aliphatic rings. The molecular weight excluding hydrogens is 306 g/mol. The lowest BCUT2D eigenvalue weighted by atomic mass is 10.2. The number of anilines is 1. The molecule has 8 heteroatoms. The van der Waals surface area contributed by atoms with Crippen LogP contribution in [0.5, 0.6) is 0 Å². The Balaban J connectivity index is 2.80. The van der Waals surface area contributed by atoms with Crippen LogP contribution < -0.4 is 10.0 Å². The Morgan fingerprint density at radius 2 is 2.21 bits per heavy atom. The van der Waals surface area contributed by atoms with E-state index in [2.05, 4.69) is 15.0 Å². The first-order valence-corrected chi connectivity index (χ1v) is 8.98. The van der Waals surface area contributed by atoms with E-state index in [9.17, 15) is 8.42 Å². The van der Waals surface area contributed by atoms with Crippen LogP contribution in [0.4, 0.5) is 5.82 Å². The Bertz CT molecular complexity index is 523. The van der Waals surface area contributed by atoms with Crippen molar-refractivity contribution in [2.75, 3.05) is 30.9 Å². The number of nitrogens with zero attached hydrogens (tertiary/aromatic N) is 1. The van der Waals surface area contributed by atoms with Crippen LogP contribution in [0.15, 0.2) is 17.2 Å². The lowest BCUT2D eigenvalue weighted by molar-refractivity contribution is 0.562. The number of hydrogen-bond donors (Lipinski definition) is 2. The number of thioether (sulfide) groups is 1. The molecule has 0 bridgehead atoms. The molecule has 2 N–H and O–H groups in total. The zero-order valence-corrected chi connectivity index (χ0v) is 13.5. The van der Waals surface area contributed by atoms with Crippen LogP contribution in [-0.4, -0.2) is 39.0 Å². The van der Waals surface area contributed by atoms with Crippen molar-refractivity contribution in [1.29, 1.82) is 0 Å². The summed E-state index contributed by atoms with van der Waals surface area (Å²) in [5, 5.41) is 3.06. The van der Waals surface area contributed by atoms with Gasteiger partial charge in [-0.3, -0.25) is 0 Å². The van der Waals surface area contributed by atoms with Gasteiger partial charge in [-0.1, -0.05) is 18.5 Å². The molecule has 0 saturated carbocycles. The zero-order valence-electron chi connectivity index (χ0n) is 11.1. The molecule has 1 aromatic heterocycles. The standard InChI is InChI=1S/C11H18ClN3O2S2/c1-8(7-18-3)5-15-19(16,17)9-4-10(12)11(13-2)14-6-9/h4,6,8,15H,5,7H2,1-3H3,(H,13,14). The predicted molar refractivity (Wildman–Crippen MR) is 81.5 cm³/mol. The van der Waals surface area contributed by atoms with Gasteiger partial charge in [-0.2, -0.15) is 11.8 Å². The second-order valence-electron chi connectivity index (χ2n) is 4.16. The SMILES string of the molecule is CNc1ncc(S(=O)(=O)NCC(C)CSC)cc1Cl. The molecule has 0 spiro atoms. The van der Waals surface area contributed by atoms with Crippen molar-refractivity contribution in [2.24, 2.45) is 5.92 Å². The Labute approximate surface area is 123 Å². The summed E-state index contributed by atoms with van der Waals surface area (Å²) in [6.45, 7) is 2.39. The maximum Gasteiger partial charge on any atom is 0.242 e. The first-order chi connectivity index (χ1) is 8.90. The molecule has 0 aliphatic heterocycles. The van der Waals surface area contributed by atoms with Crippen LogP contribution in [0.2, 0.25) is 5.02 Å². The van der Waals surface area contributed by atoms with Gasteiger partial charge in [-0.05, 0) is 24.0 Å². The third-order valence-corrected chi connectivity index (χ3v) is 5.02. The fourth-order valence-electron chi connectivity index (χ4n) is 1.43. The molecule has 0 aromatic carbocycles. The van der Waals surface area contributed by atoms with E-state index in [4.69, 9.17) is 11.6 Å². The van der Waals surface area contributed by atoms with E-state index in [1.807, 2.05) is 13.2 Å². The van der Waals surface area contributed by atoms with Gasteiger partial charge >= 0.3 is 0 Å². The Kier molecular flexibility index (Phi) is 6.38. The van der Waals surface area contributed by atoms with E-state index in [0.717, 1.165) is 5.75 Å². The molecule has 0 radical (unpaired) electrons. The van der Waals surface area contributed by atoms with Crippen molar-refractivity contribution in [3.63, 3.8) is 0 Å². The van der Waals surface area contributed by atoms with E-state index >= 15 is 0 Å². The second-order valence-corrected chi connectivity index (χ2v) is 7.25. The van der Waals surface area contributed by atoms with Crippen molar-refractivity contribution in [1.82, 2.24) is 9.71 Å². The molecule has 0 saturated heterocycles. The van der Waals surface area contributed by atoms with Gasteiger partial charge in [-0.25, -0.2) is 18.1 Å². The molecule has 1 rings (SSSR count). The predicted octanol–water partition coefficient (Wildman–Crippen LogP) is 2.05. The number of sulfonamides is 1. The number of nitrogens with one attached hydrogen (secondary N) is 2. The number of pyridine rings is 1. The summed E-state index contributed by atoms with van der Waals surface area (Å²) in [6, 6.07) is 1.39. The minimum atomic E-state index is -3.56. The Hall–Kier alpha value is -0.500. The number of aromatic nitrogens is 1. The van der Waals surface area contributed by atoms with Crippen LogP contribution >= 0.6 is 23.4 Å². The normalized spacial score (nSPS) is 13.3. The van der Waals surface area contributed by atoms with E-state index < -0.39 is 10.0 Å². The Morgan fingerprint density at radius 1 is 1.53 bits per heavy atom. The Morgan fingerprint density at radius 3 is 2.74 bits per heavy atom. The van der Waals surface area contributed by atoms with Crippen LogP contribution in [0, 0.1) is 5.92 Å². The molecule has 0 aliphatic carbocycles. The van der Waals surface area contributed by atoms with Gasteiger partial charge in [0.25, 0.3) is 0 Å². The largest absolute Gasteiger partial charge is 0.372 e. The quantitative estimate of drug-likeness (QED) is 0.803. The van der Waals surface area contributed by atoms with Crippen molar-refractivity contribution in [3.8, 4) is 0 Å². The van der Waals surface area contributed by atoms with E-state index in [1.165, 1.54) is 12.3 Å². The highest BCUT2D eigenvalue weighted by atomic mass is 35.5. The van der Waals surface area contributed by atoms with Crippen molar-refractivity contribution in [3.05, 3.63) is 17.3 Å². The van der Waals surface area contributed by atoms with Gasteiger partial charge in [-0.15, -0.1) is 0 Å². The summed E-state index contributed by atoms with van der Waals surface area (Å²) in [5.41, 5.74) is 0. The van der Waals surface area contributed by atoms with E-state index in [1.54, 1.807) is 18.8 Å². The van der Waals surface area contributed by atoms with Gasteiger partial charge in [0.2, 0.25) is 10.0 Å². The molecule has 1 heterocycles. The molecule has 1 atom stereocenters. The third kappa shape index (κ3) is 4.83. The molecule has 19 heavy (non-hydrogen) atoms. The van der Waals surface area contributed by atoms with E-state index in [0.29, 0.717) is 12.4 Å². The van der Waals surface area contributed by atoms with Crippen LogP contribution in [0.1, 0.15) is 6.92 Å². The summed E-state index contributed by atoms with van der Waals surface area (Å²) in [6.07, 6.45) is 3.28. The molecule has 108 valence electrons. The lowest BCUT2D eigenvalue weighted by Crippen LogP contribution is -2.29. The average molecular weight is 324 g/mol. The maximum atomic E-state index is 12.1. The van der Waals surface area contributed by atoms with Crippen LogP contribution in [0.25, 0.3) is 0 Å². The summed E-state index contributed by atoms with van der Waals surface area (Å²) < 4.78 is 26.7. The number of halogens is 1. The van der Waals surface area contributed by atoms with E-state index in [-0.39, 0.29) is 15.8 Å². The first kappa shape index (κ1) is 16.6. The summed E-state index contributed by atoms with van der Waals surface area (Å²) in [7, 11) is -1.88. The van der Waals surface area contributed by atoms with Gasteiger partial charge in [0.1, 0.15) is 10.7 Å². The highest BCUT2D eigenvalue weighted by Crippen LogP contribution is 2.21. The van der Waals surface area contributed by atoms with Crippen LogP contribution in [0.3, 0.4) is 0 Å². The number of rotatable bonds is 7. The smallest absolute Gasteiger partial charge is 0.242 e. The van der Waals surface area contributed by atoms with Crippen molar-refractivity contribution < 1.29 is 8.42 Å². The minimum absolute atomic E-state index is 0.0767. The van der Waals surface area contributed by atoms with Gasteiger partial charge in [0.15, 0.2) is 0 Å². The highest BCUT2D eigenvalue weighted by molar-refractivity contribution is 7.98. The molecule has 5 nitrogen and oxygen atoms in total. The van der Waals surface area contributed by atoms with Gasteiger partial charge < -0.3 is 5.32 Å². The molecule has 0 amide bonds. The third-order valence-electron chi connectivity index (χ3n) is 2.44. The molecule has 0 fully saturated rings. The molecule has 1 aromatic rings. The fourth-order valence-corrected chi connectivity index (χ4v) is 3.58. The summed E-state index contributed by atoms with van der Waals surface area (Å²) in [4.78, 5) is 4.04. The lowest BCUT2D eigenvalue weighted by Gasteiger charge is -2.12. The fraction of sp³-hybridized carbons (Fsp3) is 0.545. The maximum absolute atomic E-state index is 12.1. The van der Waals surface area contributed by atoms with Gasteiger partial charge in [0, 0.05) is 19.8 Å². The van der Waals surface area contributed by atoms with Crippen molar-refractivity contribution >= 4 is 39.2 Å². The molecule has 1 unspecified atom stereocenters. The topological polar surface area (TPSA) is 71.1 Å². The van der Waals surface area contributed by atoms with Gasteiger partial charge in [0.05, 0.1) is 5.02 Å². The molecular formula is C11H18ClN3O2S2. The highest BCUT2D eigenvalue weighted by Gasteiger charge is 2.17. The summed E-state index contributed by atoms with van der Waals surface area (Å²) >= 11 is 7.61. The monoisotopic (exact) mass is 323 g/mol. The zero-order chi connectivity index (χ0) is 14.5. The van der Waals surface area contributed by atoms with Crippen LogP contribution in [-0.2, 0) is 10.0 Å². The van der Waals surface area contributed by atoms with Crippen molar-refractivity contribution in [2.45, 2.75) is 11.8 Å². The number of hydrogen-bond acceptors (Lipinski definition) is 5. The minimum Gasteiger partial charge on any atom is -0.372 e. The summed E-state index contributed by atoms with van der Waals surface area (Å²) in [5.74, 6) is 1.63. The average Bonchev–Trinajstić information content (AvgIpc) is 2.37. The second kappa shape index (κ2) is 7.33. The first-order valence-electron chi connectivity index (χ1n) is 5.72.